The van der Waals surface area contributed by atoms with Crippen LogP contribution < -0.4 is 10.6 Å². The van der Waals surface area contributed by atoms with Crippen molar-refractivity contribution in [2.24, 2.45) is 0 Å². The summed E-state index contributed by atoms with van der Waals surface area (Å²) in [6, 6.07) is 8.62. The van der Waals surface area contributed by atoms with Gasteiger partial charge in [0.15, 0.2) is 0 Å². The van der Waals surface area contributed by atoms with E-state index in [-0.39, 0.29) is 23.0 Å². The minimum atomic E-state index is -0.729. The topological polar surface area (TPSA) is 97.1 Å². The van der Waals surface area contributed by atoms with E-state index < -0.39 is 11.7 Å². The van der Waals surface area contributed by atoms with Gasteiger partial charge in [-0.1, -0.05) is 28.0 Å². The second-order valence-corrected chi connectivity index (χ2v) is 6.52. The number of nitrogens with zero attached hydrogens (tertiary/aromatic N) is 2. The Morgan fingerprint density at radius 3 is 2.57 bits per heavy atom. The highest BCUT2D eigenvalue weighted by Crippen LogP contribution is 2.20. The number of hydrogen-bond acceptors (Lipinski definition) is 5. The molecule has 0 aliphatic carbocycles. The summed E-state index contributed by atoms with van der Waals surface area (Å²) in [5, 5.41) is 12.9. The molecule has 0 spiro atoms. The van der Waals surface area contributed by atoms with E-state index in [1.165, 1.54) is 18.2 Å². The van der Waals surface area contributed by atoms with Crippen molar-refractivity contribution in [1.82, 2.24) is 15.6 Å². The van der Waals surface area contributed by atoms with Gasteiger partial charge in [0.2, 0.25) is 0 Å². The molecule has 3 aromatic rings. The van der Waals surface area contributed by atoms with Gasteiger partial charge in [0, 0.05) is 16.3 Å². The highest BCUT2D eigenvalue weighted by atomic mass is 35.5. The number of amides is 2. The Balaban J connectivity index is 1.74. The Bertz CT molecular complexity index is 1050. The smallest absolute Gasteiger partial charge is 0.258 e. The van der Waals surface area contributed by atoms with Gasteiger partial charge < -0.3 is 10.6 Å². The van der Waals surface area contributed by atoms with Crippen LogP contribution in [0.2, 0.25) is 5.02 Å². The number of rotatable bonds is 5. The molecule has 0 fully saturated rings. The van der Waals surface area contributed by atoms with E-state index in [2.05, 4.69) is 25.6 Å². The maximum atomic E-state index is 14.0. The average Bonchev–Trinajstić information content (AvgIpc) is 3.06. The molecular weight excluding hydrogens is 387 g/mol. The Hall–Kier alpha value is -3.26. The van der Waals surface area contributed by atoms with Crippen molar-refractivity contribution < 1.29 is 18.6 Å². The molecule has 0 saturated heterocycles. The quantitative estimate of drug-likeness (QED) is 0.678. The van der Waals surface area contributed by atoms with Gasteiger partial charge in [0.1, 0.15) is 17.2 Å². The van der Waals surface area contributed by atoms with Crippen LogP contribution in [0.4, 0.5) is 10.1 Å². The monoisotopic (exact) mass is 402 g/mol. The van der Waals surface area contributed by atoms with Crippen LogP contribution in [0, 0.1) is 19.7 Å². The number of anilines is 1. The van der Waals surface area contributed by atoms with Crippen LogP contribution in [-0.2, 0) is 6.54 Å². The number of carbonyl (C=O) groups is 2. The van der Waals surface area contributed by atoms with Crippen LogP contribution in [0.1, 0.15) is 37.7 Å². The minimum absolute atomic E-state index is 0.146. The van der Waals surface area contributed by atoms with Gasteiger partial charge in [-0.05, 0) is 49.7 Å². The van der Waals surface area contributed by atoms with Crippen LogP contribution in [-0.4, -0.2) is 22.1 Å². The molecule has 2 aromatic carbocycles. The zero-order valence-electron chi connectivity index (χ0n) is 15.0. The zero-order valence-corrected chi connectivity index (χ0v) is 15.8. The molecule has 1 heterocycles. The average molecular weight is 403 g/mol. The molecule has 1 aromatic heterocycles. The lowest BCUT2D eigenvalue weighted by atomic mass is 10.1. The van der Waals surface area contributed by atoms with Crippen LogP contribution in [0.25, 0.3) is 0 Å². The number of halogens is 2. The van der Waals surface area contributed by atoms with Crippen LogP contribution >= 0.6 is 11.6 Å². The molecule has 0 aliphatic rings. The van der Waals surface area contributed by atoms with Crippen molar-refractivity contribution in [1.29, 1.82) is 0 Å². The Morgan fingerprint density at radius 2 is 1.89 bits per heavy atom. The molecule has 3 rings (SSSR count). The van der Waals surface area contributed by atoms with E-state index in [1.807, 2.05) is 0 Å². The minimum Gasteiger partial charge on any atom is -0.346 e. The summed E-state index contributed by atoms with van der Waals surface area (Å²) in [4.78, 5) is 24.8. The molecule has 7 nitrogen and oxygen atoms in total. The first-order chi connectivity index (χ1) is 13.3. The number of aryl methyl sites for hydroxylation is 2. The van der Waals surface area contributed by atoms with Crippen LogP contribution in [0.5, 0.6) is 0 Å². The van der Waals surface area contributed by atoms with Gasteiger partial charge in [0.25, 0.3) is 11.8 Å². The Morgan fingerprint density at radius 1 is 1.11 bits per heavy atom. The predicted molar refractivity (Wildman–Crippen MR) is 101 cm³/mol. The molecule has 144 valence electrons. The van der Waals surface area contributed by atoms with E-state index in [0.29, 0.717) is 22.6 Å². The van der Waals surface area contributed by atoms with Crippen LogP contribution in [0.15, 0.2) is 41.0 Å². The third-order valence-electron chi connectivity index (χ3n) is 4.09. The zero-order chi connectivity index (χ0) is 20.3. The van der Waals surface area contributed by atoms with Crippen molar-refractivity contribution in [3.63, 3.8) is 0 Å². The van der Waals surface area contributed by atoms with Crippen molar-refractivity contribution >= 4 is 29.1 Å². The van der Waals surface area contributed by atoms with Gasteiger partial charge in [-0.15, -0.1) is 0 Å². The number of carbonyl (C=O) groups excluding carboxylic acids is 2. The van der Waals surface area contributed by atoms with E-state index in [9.17, 15) is 14.0 Å². The molecule has 0 aliphatic heterocycles. The molecule has 0 unspecified atom stereocenters. The summed E-state index contributed by atoms with van der Waals surface area (Å²) in [7, 11) is 0. The SMILES string of the molecule is Cc1ccc(C(=O)NCc2nonc2C)cc1NC(=O)c1ccc(Cl)cc1F. The first-order valence-electron chi connectivity index (χ1n) is 8.28. The fraction of sp³-hybridized carbons (Fsp3) is 0.158. The molecular formula is C19H16ClFN4O3. The van der Waals surface area contributed by atoms with Crippen molar-refractivity contribution in [2.45, 2.75) is 20.4 Å². The maximum absolute atomic E-state index is 14.0. The fourth-order valence-corrected chi connectivity index (χ4v) is 2.60. The molecule has 28 heavy (non-hydrogen) atoms. The second kappa shape index (κ2) is 8.18. The molecule has 2 amide bonds. The molecule has 2 N–H and O–H groups in total. The summed E-state index contributed by atoms with van der Waals surface area (Å²) in [5.74, 6) is -1.73. The van der Waals surface area contributed by atoms with Gasteiger partial charge in [-0.25, -0.2) is 9.02 Å². The Kier molecular flexibility index (Phi) is 5.70. The van der Waals surface area contributed by atoms with E-state index >= 15 is 0 Å². The molecule has 0 radical (unpaired) electrons. The lowest BCUT2D eigenvalue weighted by Gasteiger charge is -2.11. The third-order valence-corrected chi connectivity index (χ3v) is 4.32. The fourth-order valence-electron chi connectivity index (χ4n) is 2.44. The van der Waals surface area contributed by atoms with E-state index in [0.717, 1.165) is 11.6 Å². The second-order valence-electron chi connectivity index (χ2n) is 6.09. The summed E-state index contributed by atoms with van der Waals surface area (Å²) >= 11 is 5.71. The number of nitrogens with one attached hydrogen (secondary N) is 2. The van der Waals surface area contributed by atoms with Crippen LogP contribution in [0.3, 0.4) is 0 Å². The summed E-state index contributed by atoms with van der Waals surface area (Å²) in [6.07, 6.45) is 0. The largest absolute Gasteiger partial charge is 0.346 e. The summed E-state index contributed by atoms with van der Waals surface area (Å²) in [6.45, 7) is 3.63. The van der Waals surface area contributed by atoms with Gasteiger partial charge >= 0.3 is 0 Å². The number of aromatic nitrogens is 2. The van der Waals surface area contributed by atoms with Crippen molar-refractivity contribution in [3.8, 4) is 0 Å². The van der Waals surface area contributed by atoms with Gasteiger partial charge in [-0.2, -0.15) is 0 Å². The number of benzene rings is 2. The highest BCUT2D eigenvalue weighted by molar-refractivity contribution is 6.30. The molecule has 0 bridgehead atoms. The molecule has 0 atom stereocenters. The van der Waals surface area contributed by atoms with E-state index in [1.54, 1.807) is 26.0 Å². The number of hydrogen-bond donors (Lipinski definition) is 2. The first-order valence-corrected chi connectivity index (χ1v) is 8.66. The van der Waals surface area contributed by atoms with Crippen molar-refractivity contribution in [3.05, 3.63) is 75.3 Å². The summed E-state index contributed by atoms with van der Waals surface area (Å²) < 4.78 is 18.5. The lowest BCUT2D eigenvalue weighted by Crippen LogP contribution is -2.24. The van der Waals surface area contributed by atoms with E-state index in [4.69, 9.17) is 11.6 Å². The maximum Gasteiger partial charge on any atom is 0.258 e. The first kappa shape index (κ1) is 19.5. The Labute approximate surface area is 164 Å². The molecule has 9 heteroatoms. The summed E-state index contributed by atoms with van der Waals surface area (Å²) in [5.41, 5.74) is 2.40. The lowest BCUT2D eigenvalue weighted by molar-refractivity contribution is 0.0948. The third kappa shape index (κ3) is 4.34. The van der Waals surface area contributed by atoms with Gasteiger partial charge in [0.05, 0.1) is 12.1 Å². The van der Waals surface area contributed by atoms with Gasteiger partial charge in [-0.3, -0.25) is 9.59 Å². The predicted octanol–water partition coefficient (Wildman–Crippen LogP) is 3.66. The molecule has 0 saturated carbocycles. The highest BCUT2D eigenvalue weighted by Gasteiger charge is 2.15. The normalized spacial score (nSPS) is 10.6. The van der Waals surface area contributed by atoms with Crippen molar-refractivity contribution in [2.75, 3.05) is 5.32 Å². The standard InChI is InChI=1S/C19H16ClFN4O3/c1-10-3-4-12(18(26)22-9-17-11(2)24-28-25-17)7-16(10)23-19(27)14-6-5-13(20)8-15(14)21/h3-8H,9H2,1-2H3,(H,22,26)(H,23,27).